The Morgan fingerprint density at radius 3 is 2.35 bits per heavy atom. The molecule has 2 aliphatic rings. The van der Waals surface area contributed by atoms with E-state index in [0.717, 1.165) is 49.8 Å². The van der Waals surface area contributed by atoms with Gasteiger partial charge in [-0.2, -0.15) is 13.2 Å². The highest BCUT2D eigenvalue weighted by molar-refractivity contribution is 5.81. The number of alkyl halides is 3. The molecule has 10 heteroatoms. The van der Waals surface area contributed by atoms with Crippen LogP contribution in [0.5, 0.6) is 0 Å². The Hall–Kier alpha value is -2.65. The summed E-state index contributed by atoms with van der Waals surface area (Å²) in [6, 6.07) is 0.282. The summed E-state index contributed by atoms with van der Waals surface area (Å²) in [5, 5.41) is -0.635. The number of aromatic nitrogens is 3. The zero-order valence-corrected chi connectivity index (χ0v) is 17.5. The summed E-state index contributed by atoms with van der Waals surface area (Å²) in [6.07, 6.45) is 0.997. The molecule has 2 aromatic rings. The maximum Gasteiger partial charge on any atom is 0.417 e. The molecule has 2 aromatic heterocycles. The Balaban J connectivity index is 1.87. The molecule has 0 N–H and O–H groups in total. The normalized spacial score (nSPS) is 20.5. The molecule has 3 heterocycles. The van der Waals surface area contributed by atoms with Gasteiger partial charge in [-0.1, -0.05) is 19.3 Å². The van der Waals surface area contributed by atoms with Crippen molar-refractivity contribution in [1.29, 1.82) is 0 Å². The largest absolute Gasteiger partial charge is 0.417 e. The monoisotopic (exact) mass is 438 g/mol. The lowest BCUT2D eigenvalue weighted by atomic mass is 9.88. The molecule has 31 heavy (non-hydrogen) atoms. The van der Waals surface area contributed by atoms with Crippen LogP contribution in [-0.4, -0.2) is 31.5 Å². The molecule has 7 nitrogen and oxygen atoms in total. The van der Waals surface area contributed by atoms with E-state index in [-0.39, 0.29) is 23.2 Å². The van der Waals surface area contributed by atoms with Crippen molar-refractivity contribution in [2.24, 2.45) is 20.0 Å². The first-order valence-electron chi connectivity index (χ1n) is 10.6. The summed E-state index contributed by atoms with van der Waals surface area (Å²) in [5.74, 6) is -0.135. The van der Waals surface area contributed by atoms with Gasteiger partial charge in [0.15, 0.2) is 0 Å². The average molecular weight is 438 g/mol. The van der Waals surface area contributed by atoms with E-state index in [0.29, 0.717) is 24.0 Å². The van der Waals surface area contributed by atoms with Crippen molar-refractivity contribution in [3.8, 4) is 0 Å². The molecule has 0 bridgehead atoms. The summed E-state index contributed by atoms with van der Waals surface area (Å²) in [7, 11) is 2.43. The van der Waals surface area contributed by atoms with Gasteiger partial charge in [0, 0.05) is 26.6 Å². The molecule has 1 saturated carbocycles. The number of nitrogens with zero attached hydrogens (tertiary/aromatic N) is 4. The topological polar surface area (TPSA) is 77.2 Å². The molecule has 0 aromatic carbocycles. The molecule has 168 valence electrons. The van der Waals surface area contributed by atoms with Crippen LogP contribution in [0.3, 0.4) is 0 Å². The zero-order chi connectivity index (χ0) is 22.5. The molecule has 4 rings (SSSR count). The molecular weight excluding hydrogens is 413 g/mol. The van der Waals surface area contributed by atoms with Gasteiger partial charge in [-0.15, -0.1) is 0 Å². The number of likely N-dealkylation sites (tertiary alicyclic amines) is 1. The quantitative estimate of drug-likeness (QED) is 0.723. The van der Waals surface area contributed by atoms with Crippen LogP contribution in [0.4, 0.5) is 13.2 Å². The standard InChI is InChI=1S/C21H25F3N4O3/c1-26-17-16(19(30)27(2)20(26)31)13(21(22,23)24)11-14(25-17)15-9-6-10-28(15)18(29)12-7-4-3-5-8-12/h11-12,15H,3-10H2,1-2H3/t15-/m1/s1. The predicted molar refractivity (Wildman–Crippen MR) is 107 cm³/mol. The molecule has 1 aliphatic carbocycles. The summed E-state index contributed by atoms with van der Waals surface area (Å²) < 4.78 is 43.4. The van der Waals surface area contributed by atoms with E-state index in [1.165, 1.54) is 7.05 Å². The van der Waals surface area contributed by atoms with Crippen LogP contribution < -0.4 is 11.2 Å². The number of carbonyl (C=O) groups is 1. The highest BCUT2D eigenvalue weighted by atomic mass is 19.4. The SMILES string of the molecule is Cn1c(=O)c2c(C(F)(F)F)cc([C@H]3CCCN3C(=O)C3CCCCC3)nc2n(C)c1=O. The van der Waals surface area contributed by atoms with Gasteiger partial charge >= 0.3 is 11.9 Å². The highest BCUT2D eigenvalue weighted by Crippen LogP contribution is 2.39. The highest BCUT2D eigenvalue weighted by Gasteiger charge is 2.39. The van der Waals surface area contributed by atoms with E-state index in [2.05, 4.69) is 4.98 Å². The Morgan fingerprint density at radius 2 is 1.71 bits per heavy atom. The molecule has 0 spiro atoms. The molecule has 0 unspecified atom stereocenters. The number of rotatable bonds is 2. The molecule has 1 saturated heterocycles. The second kappa shape index (κ2) is 7.80. The number of carbonyl (C=O) groups excluding carboxylic acids is 1. The van der Waals surface area contributed by atoms with Gasteiger partial charge in [0.25, 0.3) is 5.56 Å². The first kappa shape index (κ1) is 21.6. The second-order valence-electron chi connectivity index (χ2n) is 8.52. The van der Waals surface area contributed by atoms with E-state index in [1.807, 2.05) is 0 Å². The third kappa shape index (κ3) is 3.65. The Morgan fingerprint density at radius 1 is 1.03 bits per heavy atom. The molecule has 1 aliphatic heterocycles. The van der Waals surface area contributed by atoms with Crippen LogP contribution >= 0.6 is 0 Å². The van der Waals surface area contributed by atoms with Crippen LogP contribution in [0, 0.1) is 5.92 Å². The van der Waals surface area contributed by atoms with Crippen LogP contribution in [0.25, 0.3) is 11.0 Å². The fourth-order valence-electron chi connectivity index (χ4n) is 4.89. The summed E-state index contributed by atoms with van der Waals surface area (Å²) in [6.45, 7) is 0.469. The van der Waals surface area contributed by atoms with Gasteiger partial charge in [-0.25, -0.2) is 9.78 Å². The Labute approximate surface area is 176 Å². The van der Waals surface area contributed by atoms with Crippen molar-refractivity contribution in [2.75, 3.05) is 6.54 Å². The first-order valence-corrected chi connectivity index (χ1v) is 10.6. The lowest BCUT2D eigenvalue weighted by Gasteiger charge is -2.30. The average Bonchev–Trinajstić information content (AvgIpc) is 3.24. The molecule has 0 radical (unpaired) electrons. The second-order valence-corrected chi connectivity index (χ2v) is 8.52. The Bertz CT molecular complexity index is 1150. The first-order chi connectivity index (χ1) is 14.6. The lowest BCUT2D eigenvalue weighted by molar-refractivity contribution is -0.137. The van der Waals surface area contributed by atoms with E-state index < -0.39 is 34.4 Å². The third-order valence-corrected chi connectivity index (χ3v) is 6.57. The van der Waals surface area contributed by atoms with Gasteiger partial charge < -0.3 is 4.90 Å². The van der Waals surface area contributed by atoms with Gasteiger partial charge in [0.05, 0.1) is 22.7 Å². The fourth-order valence-corrected chi connectivity index (χ4v) is 4.89. The van der Waals surface area contributed by atoms with Crippen molar-refractivity contribution in [3.05, 3.63) is 38.2 Å². The van der Waals surface area contributed by atoms with Crippen molar-refractivity contribution < 1.29 is 18.0 Å². The zero-order valence-electron chi connectivity index (χ0n) is 17.5. The van der Waals surface area contributed by atoms with Crippen molar-refractivity contribution in [2.45, 2.75) is 57.2 Å². The van der Waals surface area contributed by atoms with Gasteiger partial charge in [-0.3, -0.25) is 18.7 Å². The van der Waals surface area contributed by atoms with Crippen molar-refractivity contribution in [1.82, 2.24) is 19.0 Å². The smallest absolute Gasteiger partial charge is 0.334 e. The molecular formula is C21H25F3N4O3. The van der Waals surface area contributed by atoms with Crippen molar-refractivity contribution in [3.63, 3.8) is 0 Å². The van der Waals surface area contributed by atoms with Gasteiger partial charge in [0.2, 0.25) is 5.91 Å². The Kier molecular flexibility index (Phi) is 5.43. The summed E-state index contributed by atoms with van der Waals surface area (Å²) in [5.41, 5.74) is -3.15. The van der Waals surface area contributed by atoms with Crippen LogP contribution in [0.1, 0.15) is 62.2 Å². The van der Waals surface area contributed by atoms with E-state index in [4.69, 9.17) is 0 Å². The van der Waals surface area contributed by atoms with E-state index >= 15 is 0 Å². The molecule has 1 amide bonds. The number of fused-ring (bicyclic) bond motifs is 1. The fraction of sp³-hybridized carbons (Fsp3) is 0.619. The van der Waals surface area contributed by atoms with E-state index in [9.17, 15) is 27.6 Å². The number of hydrogen-bond acceptors (Lipinski definition) is 4. The lowest BCUT2D eigenvalue weighted by Crippen LogP contribution is -2.39. The van der Waals surface area contributed by atoms with E-state index in [1.54, 1.807) is 4.90 Å². The maximum atomic E-state index is 13.9. The molecule has 1 atom stereocenters. The minimum Gasteiger partial charge on any atom is -0.334 e. The molecule has 2 fully saturated rings. The number of aryl methyl sites for hydroxylation is 1. The van der Waals surface area contributed by atoms with Crippen LogP contribution in [0.2, 0.25) is 0 Å². The van der Waals surface area contributed by atoms with Crippen LogP contribution in [-0.2, 0) is 25.1 Å². The minimum absolute atomic E-state index is 0.0319. The van der Waals surface area contributed by atoms with Gasteiger partial charge in [0.1, 0.15) is 5.65 Å². The summed E-state index contributed by atoms with van der Waals surface area (Å²) >= 11 is 0. The minimum atomic E-state index is -4.81. The number of halogens is 3. The predicted octanol–water partition coefficient (Wildman–Crippen LogP) is 2.89. The third-order valence-electron chi connectivity index (χ3n) is 6.57. The number of hydrogen-bond donors (Lipinski definition) is 0. The number of pyridine rings is 1. The number of amides is 1. The van der Waals surface area contributed by atoms with Crippen LogP contribution in [0.15, 0.2) is 15.7 Å². The maximum absolute atomic E-state index is 13.9. The van der Waals surface area contributed by atoms with Gasteiger partial charge in [-0.05, 0) is 31.7 Å². The van der Waals surface area contributed by atoms with Crippen molar-refractivity contribution >= 4 is 16.9 Å². The summed E-state index contributed by atoms with van der Waals surface area (Å²) in [4.78, 5) is 43.9.